The highest BCUT2D eigenvalue weighted by Gasteiger charge is 2.43. The molecule has 0 amide bonds. The minimum absolute atomic E-state index is 0.0149. The Balaban J connectivity index is 1.46. The van der Waals surface area contributed by atoms with E-state index in [0.29, 0.717) is 24.3 Å². The van der Waals surface area contributed by atoms with Crippen LogP contribution in [0.5, 0.6) is 17.2 Å². The van der Waals surface area contributed by atoms with Crippen LogP contribution < -0.4 is 9.47 Å². The summed E-state index contributed by atoms with van der Waals surface area (Å²) < 4.78 is 52.1. The minimum Gasteiger partial charge on any atom is -0.493 e. The van der Waals surface area contributed by atoms with Crippen LogP contribution in [-0.4, -0.2) is 17.7 Å². The quantitative estimate of drug-likeness (QED) is 0.542. The molecule has 1 N–H and O–H groups in total. The molecule has 0 aliphatic heterocycles. The van der Waals surface area contributed by atoms with Gasteiger partial charge in [-0.25, -0.2) is 13.2 Å². The highest BCUT2D eigenvalue weighted by Crippen LogP contribution is 2.39. The van der Waals surface area contributed by atoms with Crippen LogP contribution in [0.4, 0.5) is 13.2 Å². The van der Waals surface area contributed by atoms with Gasteiger partial charge in [0.1, 0.15) is 34.7 Å². The SMILES string of the molecule is O=C(O)[C@@H]1C[C@H]1COc1ccc(-c2cc(Oc3cc(F)cc(F)c3)ccc2F)cc1. The number of hydrogen-bond acceptors (Lipinski definition) is 3. The van der Waals surface area contributed by atoms with E-state index in [4.69, 9.17) is 14.6 Å². The topological polar surface area (TPSA) is 55.8 Å². The second-order valence-electron chi connectivity index (χ2n) is 7.12. The van der Waals surface area contributed by atoms with Crippen LogP contribution in [-0.2, 0) is 4.79 Å². The summed E-state index contributed by atoms with van der Waals surface area (Å²) in [5.41, 5.74) is 0.814. The highest BCUT2D eigenvalue weighted by molar-refractivity contribution is 5.73. The van der Waals surface area contributed by atoms with Gasteiger partial charge in [0, 0.05) is 29.7 Å². The number of rotatable bonds is 7. The molecule has 30 heavy (non-hydrogen) atoms. The van der Waals surface area contributed by atoms with E-state index in [2.05, 4.69) is 0 Å². The van der Waals surface area contributed by atoms with Gasteiger partial charge in [0.05, 0.1) is 12.5 Å². The molecular weight excluding hydrogens is 397 g/mol. The van der Waals surface area contributed by atoms with Gasteiger partial charge >= 0.3 is 5.97 Å². The molecule has 0 unspecified atom stereocenters. The van der Waals surface area contributed by atoms with Crippen LogP contribution in [0.3, 0.4) is 0 Å². The fraction of sp³-hybridized carbons (Fsp3) is 0.174. The Hall–Kier alpha value is -3.48. The lowest BCUT2D eigenvalue weighted by atomic mass is 10.0. The Morgan fingerprint density at radius 1 is 0.900 bits per heavy atom. The van der Waals surface area contributed by atoms with E-state index in [-0.39, 0.29) is 28.9 Å². The molecule has 3 aromatic carbocycles. The Morgan fingerprint density at radius 3 is 2.20 bits per heavy atom. The van der Waals surface area contributed by atoms with E-state index < -0.39 is 23.4 Å². The number of carbonyl (C=O) groups is 1. The molecule has 1 fully saturated rings. The second kappa shape index (κ2) is 8.10. The van der Waals surface area contributed by atoms with E-state index in [1.165, 1.54) is 18.2 Å². The first-order chi connectivity index (χ1) is 14.4. The standard InChI is InChI=1S/C23H17F3O4/c24-15-8-16(25)10-19(9-15)30-18-5-6-22(26)20(11-18)13-1-3-17(4-2-13)29-12-14-7-21(14)23(27)28/h1-6,8-11,14,21H,7,12H2,(H,27,28)/t14-,21+/m0/s1. The van der Waals surface area contributed by atoms with Crippen molar-refractivity contribution in [3.05, 3.63) is 78.1 Å². The van der Waals surface area contributed by atoms with Crippen LogP contribution in [0.2, 0.25) is 0 Å². The van der Waals surface area contributed by atoms with Crippen LogP contribution in [0.15, 0.2) is 60.7 Å². The molecule has 4 nitrogen and oxygen atoms in total. The molecular formula is C23H17F3O4. The summed E-state index contributed by atoms with van der Waals surface area (Å²) >= 11 is 0. The van der Waals surface area contributed by atoms with E-state index in [0.717, 1.165) is 18.2 Å². The summed E-state index contributed by atoms with van der Waals surface area (Å²) in [6.07, 6.45) is 0.612. The number of ether oxygens (including phenoxy) is 2. The molecule has 7 heteroatoms. The van der Waals surface area contributed by atoms with Crippen molar-refractivity contribution in [3.8, 4) is 28.4 Å². The van der Waals surface area contributed by atoms with E-state index >= 15 is 0 Å². The molecule has 0 bridgehead atoms. The molecule has 1 saturated carbocycles. The Morgan fingerprint density at radius 2 is 1.57 bits per heavy atom. The lowest BCUT2D eigenvalue weighted by molar-refractivity contribution is -0.138. The molecule has 4 rings (SSSR count). The zero-order valence-corrected chi connectivity index (χ0v) is 15.6. The van der Waals surface area contributed by atoms with Gasteiger partial charge in [-0.15, -0.1) is 0 Å². The predicted molar refractivity (Wildman–Crippen MR) is 103 cm³/mol. The van der Waals surface area contributed by atoms with Crippen molar-refractivity contribution in [3.63, 3.8) is 0 Å². The Bertz CT molecular complexity index is 1060. The van der Waals surface area contributed by atoms with E-state index in [1.54, 1.807) is 24.3 Å². The molecule has 0 heterocycles. The van der Waals surface area contributed by atoms with Gasteiger partial charge in [0.25, 0.3) is 0 Å². The number of halogens is 3. The number of aliphatic carboxylic acids is 1. The van der Waals surface area contributed by atoms with Crippen LogP contribution in [0.25, 0.3) is 11.1 Å². The molecule has 3 aromatic rings. The van der Waals surface area contributed by atoms with Crippen molar-refractivity contribution >= 4 is 5.97 Å². The van der Waals surface area contributed by atoms with Gasteiger partial charge in [-0.2, -0.15) is 0 Å². The minimum atomic E-state index is -0.808. The van der Waals surface area contributed by atoms with Gasteiger partial charge in [0.15, 0.2) is 0 Å². The zero-order chi connectivity index (χ0) is 21.3. The third-order valence-corrected chi connectivity index (χ3v) is 4.88. The summed E-state index contributed by atoms with van der Waals surface area (Å²) in [6.45, 7) is 0.318. The predicted octanol–water partition coefficient (Wildman–Crippen LogP) is 5.66. The fourth-order valence-electron chi connectivity index (χ4n) is 3.18. The molecule has 0 radical (unpaired) electrons. The molecule has 0 aromatic heterocycles. The van der Waals surface area contributed by atoms with Gasteiger partial charge < -0.3 is 14.6 Å². The van der Waals surface area contributed by atoms with Crippen molar-refractivity contribution in [2.45, 2.75) is 6.42 Å². The smallest absolute Gasteiger partial charge is 0.306 e. The summed E-state index contributed by atoms with van der Waals surface area (Å²) in [7, 11) is 0. The first kappa shape index (κ1) is 19.8. The lowest BCUT2D eigenvalue weighted by Gasteiger charge is -2.10. The van der Waals surface area contributed by atoms with Crippen molar-refractivity contribution in [1.29, 1.82) is 0 Å². The number of hydrogen-bond donors (Lipinski definition) is 1. The average molecular weight is 414 g/mol. The Labute approximate surface area is 170 Å². The van der Waals surface area contributed by atoms with Gasteiger partial charge in [0.2, 0.25) is 0 Å². The van der Waals surface area contributed by atoms with Gasteiger partial charge in [-0.05, 0) is 42.3 Å². The van der Waals surface area contributed by atoms with Gasteiger partial charge in [-0.1, -0.05) is 12.1 Å². The zero-order valence-electron chi connectivity index (χ0n) is 15.6. The van der Waals surface area contributed by atoms with Crippen LogP contribution in [0, 0.1) is 29.3 Å². The summed E-state index contributed by atoms with van der Waals surface area (Å²) in [6, 6.07) is 13.5. The maximum atomic E-state index is 14.3. The first-order valence-electron chi connectivity index (χ1n) is 9.28. The molecule has 0 spiro atoms. The molecule has 1 aliphatic carbocycles. The average Bonchev–Trinajstić information content (AvgIpc) is 3.48. The maximum Gasteiger partial charge on any atom is 0.306 e. The van der Waals surface area contributed by atoms with Crippen molar-refractivity contribution < 1.29 is 32.5 Å². The van der Waals surface area contributed by atoms with Crippen LogP contribution >= 0.6 is 0 Å². The molecule has 154 valence electrons. The monoisotopic (exact) mass is 414 g/mol. The third-order valence-electron chi connectivity index (χ3n) is 4.88. The number of carboxylic acids is 1. The molecule has 0 saturated heterocycles. The normalized spacial score (nSPS) is 17.4. The van der Waals surface area contributed by atoms with Crippen LogP contribution in [0.1, 0.15) is 6.42 Å². The number of benzene rings is 3. The summed E-state index contributed by atoms with van der Waals surface area (Å²) in [4.78, 5) is 10.9. The van der Waals surface area contributed by atoms with Gasteiger partial charge in [-0.3, -0.25) is 4.79 Å². The summed E-state index contributed by atoms with van der Waals surface area (Å²) in [5.74, 6) is -2.42. The summed E-state index contributed by atoms with van der Waals surface area (Å²) in [5, 5.41) is 8.91. The third kappa shape index (κ3) is 4.56. The van der Waals surface area contributed by atoms with Crippen molar-refractivity contribution in [1.82, 2.24) is 0 Å². The van der Waals surface area contributed by atoms with Crippen molar-refractivity contribution in [2.75, 3.05) is 6.61 Å². The Kier molecular flexibility index (Phi) is 5.35. The lowest BCUT2D eigenvalue weighted by Crippen LogP contribution is -2.06. The largest absolute Gasteiger partial charge is 0.493 e. The molecule has 1 aliphatic rings. The second-order valence-corrected chi connectivity index (χ2v) is 7.12. The molecule has 2 atom stereocenters. The number of carboxylic acid groups (broad SMARTS) is 1. The fourth-order valence-corrected chi connectivity index (χ4v) is 3.18. The highest BCUT2D eigenvalue weighted by atomic mass is 19.1. The van der Waals surface area contributed by atoms with Crippen molar-refractivity contribution in [2.24, 2.45) is 11.8 Å². The first-order valence-corrected chi connectivity index (χ1v) is 9.28. The van der Waals surface area contributed by atoms with E-state index in [9.17, 15) is 18.0 Å². The van der Waals surface area contributed by atoms with E-state index in [1.807, 2.05) is 0 Å². The maximum absolute atomic E-state index is 14.3.